The van der Waals surface area contributed by atoms with E-state index in [4.69, 9.17) is 0 Å². The van der Waals surface area contributed by atoms with Gasteiger partial charge in [-0.1, -0.05) is 33.6 Å². The molecule has 0 aromatic carbocycles. The van der Waals surface area contributed by atoms with Gasteiger partial charge < -0.3 is 15.7 Å². The van der Waals surface area contributed by atoms with Gasteiger partial charge in [-0.2, -0.15) is 5.10 Å². The minimum Gasteiger partial charge on any atom is -0.392 e. The van der Waals surface area contributed by atoms with E-state index in [0.29, 0.717) is 13.1 Å². The lowest BCUT2D eigenvalue weighted by Crippen LogP contribution is -2.47. The molecule has 2 unspecified atom stereocenters. The van der Waals surface area contributed by atoms with E-state index in [0.717, 1.165) is 49.8 Å². The molecule has 0 aliphatic heterocycles. The van der Waals surface area contributed by atoms with Crippen molar-refractivity contribution < 1.29 is 9.90 Å². The number of carbonyl (C=O) groups excluding carboxylic acids is 1. The number of aryl methyl sites for hydroxylation is 2. The molecule has 6 nitrogen and oxygen atoms in total. The van der Waals surface area contributed by atoms with E-state index in [-0.39, 0.29) is 17.6 Å². The van der Waals surface area contributed by atoms with E-state index < -0.39 is 0 Å². The lowest BCUT2D eigenvalue weighted by atomic mass is 9.73. The Morgan fingerprint density at radius 1 is 1.33 bits per heavy atom. The molecule has 6 heteroatoms. The molecule has 2 atom stereocenters. The summed E-state index contributed by atoms with van der Waals surface area (Å²) in [6, 6.07) is -0.179. The third-order valence-electron chi connectivity index (χ3n) is 5.39. The molecule has 0 bridgehead atoms. The first kappa shape index (κ1) is 18.8. The van der Waals surface area contributed by atoms with Gasteiger partial charge in [0.1, 0.15) is 0 Å². The number of urea groups is 1. The minimum atomic E-state index is -0.330. The van der Waals surface area contributed by atoms with Crippen molar-refractivity contribution in [1.29, 1.82) is 0 Å². The summed E-state index contributed by atoms with van der Waals surface area (Å²) < 4.78 is 1.91. The standard InChI is InChI=1S/C18H32N4O2/c1-5-14-13(15(6-2)22(4)21-14)11-19-17(24)20-12-18(3)10-8-7-9-16(18)23/h16,23H,5-12H2,1-4H3,(H2,19,20,24). The zero-order valence-electron chi connectivity index (χ0n) is 15.5. The third-order valence-corrected chi connectivity index (χ3v) is 5.39. The fourth-order valence-corrected chi connectivity index (χ4v) is 3.70. The molecule has 1 saturated carbocycles. The molecule has 1 aromatic heterocycles. The Kier molecular flexibility index (Phi) is 6.27. The van der Waals surface area contributed by atoms with Crippen LogP contribution in [0.3, 0.4) is 0 Å². The fraction of sp³-hybridized carbons (Fsp3) is 0.778. The van der Waals surface area contributed by atoms with Gasteiger partial charge in [-0.05, 0) is 25.7 Å². The van der Waals surface area contributed by atoms with Crippen molar-refractivity contribution in [1.82, 2.24) is 20.4 Å². The van der Waals surface area contributed by atoms with E-state index in [1.807, 2.05) is 11.7 Å². The van der Waals surface area contributed by atoms with Crippen LogP contribution in [0.4, 0.5) is 4.79 Å². The van der Waals surface area contributed by atoms with Gasteiger partial charge in [0.15, 0.2) is 0 Å². The zero-order valence-corrected chi connectivity index (χ0v) is 15.5. The zero-order chi connectivity index (χ0) is 17.7. The first-order valence-electron chi connectivity index (χ1n) is 9.14. The molecule has 2 amide bonds. The first-order valence-corrected chi connectivity index (χ1v) is 9.14. The van der Waals surface area contributed by atoms with Crippen LogP contribution < -0.4 is 10.6 Å². The largest absolute Gasteiger partial charge is 0.392 e. The van der Waals surface area contributed by atoms with Gasteiger partial charge in [-0.3, -0.25) is 4.68 Å². The SMILES string of the molecule is CCc1nn(C)c(CC)c1CNC(=O)NCC1(C)CCCCC1O. The van der Waals surface area contributed by atoms with Crippen molar-refractivity contribution in [2.75, 3.05) is 6.54 Å². The maximum atomic E-state index is 12.2. The quantitative estimate of drug-likeness (QED) is 0.746. The Morgan fingerprint density at radius 2 is 2.08 bits per heavy atom. The lowest BCUT2D eigenvalue weighted by molar-refractivity contribution is 0.00309. The summed E-state index contributed by atoms with van der Waals surface area (Å²) in [6.45, 7) is 7.24. The second-order valence-corrected chi connectivity index (χ2v) is 7.15. The Hall–Kier alpha value is -1.56. The van der Waals surface area contributed by atoms with Gasteiger partial charge in [-0.15, -0.1) is 0 Å². The number of aromatic nitrogens is 2. The highest BCUT2D eigenvalue weighted by molar-refractivity contribution is 5.73. The maximum Gasteiger partial charge on any atom is 0.315 e. The van der Waals surface area contributed by atoms with Crippen molar-refractivity contribution in [3.63, 3.8) is 0 Å². The molecule has 1 aliphatic carbocycles. The molecular weight excluding hydrogens is 304 g/mol. The number of amides is 2. The highest BCUT2D eigenvalue weighted by Crippen LogP contribution is 2.35. The summed E-state index contributed by atoms with van der Waals surface area (Å²) in [6.07, 6.45) is 5.40. The summed E-state index contributed by atoms with van der Waals surface area (Å²) in [5.41, 5.74) is 3.13. The highest BCUT2D eigenvalue weighted by Gasteiger charge is 2.35. The van der Waals surface area contributed by atoms with E-state index in [1.54, 1.807) is 0 Å². The molecule has 24 heavy (non-hydrogen) atoms. The van der Waals surface area contributed by atoms with Crippen molar-refractivity contribution in [3.05, 3.63) is 17.0 Å². The molecule has 0 radical (unpaired) electrons. The maximum absolute atomic E-state index is 12.2. The molecule has 136 valence electrons. The van der Waals surface area contributed by atoms with Crippen LogP contribution in [-0.2, 0) is 26.4 Å². The van der Waals surface area contributed by atoms with Gasteiger partial charge in [0.05, 0.1) is 11.8 Å². The van der Waals surface area contributed by atoms with Crippen molar-refractivity contribution in [2.24, 2.45) is 12.5 Å². The predicted octanol–water partition coefficient (Wildman–Crippen LogP) is 2.29. The smallest absolute Gasteiger partial charge is 0.315 e. The fourth-order valence-electron chi connectivity index (χ4n) is 3.70. The molecule has 1 aliphatic rings. The van der Waals surface area contributed by atoms with E-state index >= 15 is 0 Å². The van der Waals surface area contributed by atoms with Gasteiger partial charge in [0.2, 0.25) is 0 Å². The summed E-state index contributed by atoms with van der Waals surface area (Å²) in [5.74, 6) is 0. The number of nitrogens with one attached hydrogen (secondary N) is 2. The van der Waals surface area contributed by atoms with Crippen molar-refractivity contribution in [3.8, 4) is 0 Å². The summed E-state index contributed by atoms with van der Waals surface area (Å²) in [5, 5.41) is 20.6. The second kappa shape index (κ2) is 8.01. The highest BCUT2D eigenvalue weighted by atomic mass is 16.3. The minimum absolute atomic E-state index is 0.179. The monoisotopic (exact) mass is 336 g/mol. The second-order valence-electron chi connectivity index (χ2n) is 7.15. The van der Waals surface area contributed by atoms with E-state index in [2.05, 4.69) is 36.5 Å². The average Bonchev–Trinajstić information content (AvgIpc) is 2.88. The average molecular weight is 336 g/mol. The molecular formula is C18H32N4O2. The van der Waals surface area contributed by atoms with Crippen molar-refractivity contribution >= 4 is 6.03 Å². The van der Waals surface area contributed by atoms with E-state index in [1.165, 1.54) is 5.69 Å². The Balaban J connectivity index is 1.90. The Morgan fingerprint density at radius 3 is 2.71 bits per heavy atom. The number of carbonyl (C=O) groups is 1. The topological polar surface area (TPSA) is 79.2 Å². The van der Waals surface area contributed by atoms with Crippen LogP contribution in [0.5, 0.6) is 0 Å². The molecule has 1 heterocycles. The van der Waals surface area contributed by atoms with Crippen LogP contribution in [-0.4, -0.2) is 33.6 Å². The van der Waals surface area contributed by atoms with Crippen LogP contribution in [0.25, 0.3) is 0 Å². The predicted molar refractivity (Wildman–Crippen MR) is 94.8 cm³/mol. The summed E-state index contributed by atoms with van der Waals surface area (Å²) >= 11 is 0. The van der Waals surface area contributed by atoms with Crippen LogP contribution in [0.15, 0.2) is 0 Å². The van der Waals surface area contributed by atoms with Crippen LogP contribution in [0, 0.1) is 5.41 Å². The van der Waals surface area contributed by atoms with Gasteiger partial charge in [-0.25, -0.2) is 4.79 Å². The van der Waals surface area contributed by atoms with Crippen LogP contribution >= 0.6 is 0 Å². The normalized spacial score (nSPS) is 24.0. The van der Waals surface area contributed by atoms with E-state index in [9.17, 15) is 9.90 Å². The van der Waals surface area contributed by atoms with Crippen molar-refractivity contribution in [2.45, 2.75) is 71.9 Å². The van der Waals surface area contributed by atoms with Gasteiger partial charge >= 0.3 is 6.03 Å². The number of hydrogen-bond acceptors (Lipinski definition) is 3. The third kappa shape index (κ3) is 4.09. The number of aliphatic hydroxyl groups is 1. The molecule has 0 spiro atoms. The van der Waals surface area contributed by atoms with Gasteiger partial charge in [0, 0.05) is 36.8 Å². The van der Waals surface area contributed by atoms with Gasteiger partial charge in [0.25, 0.3) is 0 Å². The Bertz CT molecular complexity index is 570. The summed E-state index contributed by atoms with van der Waals surface area (Å²) in [7, 11) is 1.95. The first-order chi connectivity index (χ1) is 11.4. The lowest BCUT2D eigenvalue weighted by Gasteiger charge is -2.38. The molecule has 1 fully saturated rings. The Labute approximate surface area is 145 Å². The molecule has 0 saturated heterocycles. The van der Waals surface area contributed by atoms with Crippen LogP contribution in [0.1, 0.15) is 63.4 Å². The number of nitrogens with zero attached hydrogens (tertiary/aromatic N) is 2. The number of aliphatic hydroxyl groups excluding tert-OH is 1. The van der Waals surface area contributed by atoms with Crippen LogP contribution in [0.2, 0.25) is 0 Å². The molecule has 3 N–H and O–H groups in total. The molecule has 2 rings (SSSR count). The number of rotatable bonds is 6. The number of hydrogen-bond donors (Lipinski definition) is 3. The molecule has 1 aromatic rings. The summed E-state index contributed by atoms with van der Waals surface area (Å²) in [4.78, 5) is 12.2.